The van der Waals surface area contributed by atoms with Crippen molar-refractivity contribution < 1.29 is 27.5 Å². The molecule has 0 radical (unpaired) electrons. The summed E-state index contributed by atoms with van der Waals surface area (Å²) < 4.78 is 31.9. The van der Waals surface area contributed by atoms with E-state index in [4.69, 9.17) is 4.74 Å². The minimum absolute atomic E-state index is 0.160. The molecule has 1 aliphatic heterocycles. The van der Waals surface area contributed by atoms with Gasteiger partial charge in [0.2, 0.25) is 5.91 Å². The van der Waals surface area contributed by atoms with Gasteiger partial charge in [0.25, 0.3) is 5.91 Å². The fraction of sp³-hybridized carbons (Fsp3) is 0.500. The number of hydrogen-bond donors (Lipinski definition) is 0. The van der Waals surface area contributed by atoms with E-state index in [1.54, 1.807) is 17.0 Å². The van der Waals surface area contributed by atoms with E-state index in [1.807, 2.05) is 12.1 Å². The van der Waals surface area contributed by atoms with Crippen molar-refractivity contribution in [3.8, 4) is 0 Å². The molecular weight excluding hydrogens is 442 g/mol. The summed E-state index contributed by atoms with van der Waals surface area (Å²) in [5.41, 5.74) is 0.684. The molecule has 0 atom stereocenters. The molecule has 11 heteroatoms. The van der Waals surface area contributed by atoms with E-state index in [0.717, 1.165) is 30.4 Å². The van der Waals surface area contributed by atoms with E-state index in [0.29, 0.717) is 18.6 Å². The summed E-state index contributed by atoms with van der Waals surface area (Å²) in [6.07, 6.45) is 3.75. The Morgan fingerprint density at radius 2 is 1.74 bits per heavy atom. The molecule has 0 unspecified atom stereocenters. The third kappa shape index (κ3) is 6.23. The zero-order valence-corrected chi connectivity index (χ0v) is 18.9. The molecule has 9 nitrogen and oxygen atoms in total. The normalized spacial score (nSPS) is 15.6. The molecule has 0 bridgehead atoms. The number of ether oxygens (including phenoxy) is 1. The molecule has 2 aromatic rings. The number of hydrogen-bond acceptors (Lipinski definition) is 7. The Hall–Kier alpha value is -2.53. The Morgan fingerprint density at radius 3 is 2.42 bits per heavy atom. The molecule has 0 aliphatic carbocycles. The third-order valence-electron chi connectivity index (χ3n) is 4.97. The summed E-state index contributed by atoms with van der Waals surface area (Å²) in [4.78, 5) is 42.3. The van der Waals surface area contributed by atoms with Gasteiger partial charge in [-0.3, -0.25) is 14.4 Å². The molecule has 3 rings (SSSR count). The summed E-state index contributed by atoms with van der Waals surface area (Å²) in [5.74, 6) is -3.44. The molecule has 0 spiro atoms. The zero-order valence-electron chi connectivity index (χ0n) is 17.3. The van der Waals surface area contributed by atoms with E-state index < -0.39 is 39.1 Å². The van der Waals surface area contributed by atoms with Crippen LogP contribution >= 0.6 is 11.3 Å². The first-order valence-electron chi connectivity index (χ1n) is 10.00. The first-order valence-corrected chi connectivity index (χ1v) is 12.6. The molecule has 1 saturated heterocycles. The second kappa shape index (κ2) is 10.2. The van der Waals surface area contributed by atoms with Crippen LogP contribution in [-0.4, -0.2) is 67.4 Å². The highest BCUT2D eigenvalue weighted by atomic mass is 32.2. The molecule has 2 amide bonds. The number of fused-ring (bicyclic) bond motifs is 1. The molecule has 2 heterocycles. The second-order valence-electron chi connectivity index (χ2n) is 7.35. The van der Waals surface area contributed by atoms with Crippen LogP contribution in [0.2, 0.25) is 0 Å². The molecule has 168 valence electrons. The lowest BCUT2D eigenvalue weighted by Gasteiger charge is -2.19. The van der Waals surface area contributed by atoms with Gasteiger partial charge in [-0.05, 0) is 25.0 Å². The van der Waals surface area contributed by atoms with Crippen LogP contribution in [0, 0.1) is 0 Å². The Morgan fingerprint density at radius 1 is 1.06 bits per heavy atom. The fourth-order valence-electron chi connectivity index (χ4n) is 3.43. The van der Waals surface area contributed by atoms with E-state index in [2.05, 4.69) is 4.99 Å². The van der Waals surface area contributed by atoms with Gasteiger partial charge in [-0.1, -0.05) is 36.3 Å². The average Bonchev–Trinajstić information content (AvgIpc) is 2.88. The highest BCUT2D eigenvalue weighted by Crippen LogP contribution is 2.17. The topological polar surface area (TPSA) is 115 Å². The number of amides is 2. The summed E-state index contributed by atoms with van der Waals surface area (Å²) in [7, 11) is -2.71. The van der Waals surface area contributed by atoms with E-state index in [1.165, 1.54) is 23.0 Å². The van der Waals surface area contributed by atoms with Gasteiger partial charge in [0, 0.05) is 13.1 Å². The van der Waals surface area contributed by atoms with Crippen LogP contribution in [0.3, 0.4) is 0 Å². The molecule has 1 fully saturated rings. The predicted octanol–water partition coefficient (Wildman–Crippen LogP) is 1.12. The van der Waals surface area contributed by atoms with Crippen molar-refractivity contribution in [3.63, 3.8) is 0 Å². The Labute approximate surface area is 184 Å². The molecule has 1 aliphatic rings. The van der Waals surface area contributed by atoms with Crippen molar-refractivity contribution >= 4 is 49.2 Å². The minimum atomic E-state index is -3.96. The number of rotatable bonds is 6. The number of para-hydroxylation sites is 1. The van der Waals surface area contributed by atoms with Gasteiger partial charge in [0.1, 0.15) is 18.1 Å². The number of aromatic nitrogens is 1. The largest absolute Gasteiger partial charge is 0.468 e. The molecule has 31 heavy (non-hydrogen) atoms. The first kappa shape index (κ1) is 23.1. The van der Waals surface area contributed by atoms with Crippen molar-refractivity contribution in [2.45, 2.75) is 32.2 Å². The number of thiazole rings is 1. The van der Waals surface area contributed by atoms with Crippen LogP contribution in [0.15, 0.2) is 29.3 Å². The summed E-state index contributed by atoms with van der Waals surface area (Å²) in [5, 5.41) is 0. The second-order valence-corrected chi connectivity index (χ2v) is 10.4. The highest BCUT2D eigenvalue weighted by Gasteiger charge is 2.25. The maximum Gasteiger partial charge on any atom is 0.325 e. The van der Waals surface area contributed by atoms with Crippen LogP contribution in [-0.2, 0) is 35.5 Å². The van der Waals surface area contributed by atoms with Gasteiger partial charge >= 0.3 is 5.97 Å². The quantitative estimate of drug-likeness (QED) is 0.588. The molecular formula is C20H25N3O6S2. The van der Waals surface area contributed by atoms with Crippen molar-refractivity contribution in [3.05, 3.63) is 29.1 Å². The van der Waals surface area contributed by atoms with E-state index >= 15 is 0 Å². The summed E-state index contributed by atoms with van der Waals surface area (Å²) >= 11 is 1.17. The number of carbonyl (C=O) groups excluding carboxylic acids is 3. The number of likely N-dealkylation sites (tertiary alicyclic amines) is 1. The molecule has 0 N–H and O–H groups in total. The van der Waals surface area contributed by atoms with Gasteiger partial charge in [0.05, 0.1) is 17.3 Å². The Balaban J connectivity index is 1.78. The van der Waals surface area contributed by atoms with E-state index in [-0.39, 0.29) is 11.3 Å². The minimum Gasteiger partial charge on any atom is -0.468 e. The van der Waals surface area contributed by atoms with Crippen LogP contribution < -0.4 is 4.80 Å². The van der Waals surface area contributed by atoms with Crippen LogP contribution in [0.25, 0.3) is 10.2 Å². The standard InChI is InChI=1S/C20H25N3O6S2/c1-29-19(26)12-23-15-8-4-5-9-16(15)30-20(23)21-17(24)13-31(27,28)14-18(25)22-10-6-2-3-7-11-22/h4-5,8-9H,2-3,6-7,10-14H2,1H3. The predicted molar refractivity (Wildman–Crippen MR) is 116 cm³/mol. The molecule has 1 aromatic heterocycles. The lowest BCUT2D eigenvalue weighted by atomic mass is 10.2. The van der Waals surface area contributed by atoms with Crippen molar-refractivity contribution in [2.75, 3.05) is 31.7 Å². The van der Waals surface area contributed by atoms with Gasteiger partial charge in [-0.2, -0.15) is 4.99 Å². The average molecular weight is 468 g/mol. The monoisotopic (exact) mass is 467 g/mol. The van der Waals surface area contributed by atoms with Crippen molar-refractivity contribution in [1.29, 1.82) is 0 Å². The fourth-order valence-corrected chi connectivity index (χ4v) is 5.58. The zero-order chi connectivity index (χ0) is 22.4. The lowest BCUT2D eigenvalue weighted by Crippen LogP contribution is -2.37. The number of carbonyl (C=O) groups is 3. The number of benzene rings is 1. The maximum absolute atomic E-state index is 12.4. The van der Waals surface area contributed by atoms with Crippen LogP contribution in [0.4, 0.5) is 0 Å². The number of sulfone groups is 1. The smallest absolute Gasteiger partial charge is 0.325 e. The lowest BCUT2D eigenvalue weighted by molar-refractivity contribution is -0.141. The van der Waals surface area contributed by atoms with Crippen molar-refractivity contribution in [1.82, 2.24) is 9.47 Å². The third-order valence-corrected chi connectivity index (χ3v) is 7.40. The highest BCUT2D eigenvalue weighted by molar-refractivity contribution is 7.92. The Kier molecular flexibility index (Phi) is 7.60. The number of nitrogens with zero attached hydrogens (tertiary/aromatic N) is 3. The first-order chi connectivity index (χ1) is 14.8. The van der Waals surface area contributed by atoms with E-state index in [9.17, 15) is 22.8 Å². The maximum atomic E-state index is 12.4. The van der Waals surface area contributed by atoms with Gasteiger partial charge in [-0.15, -0.1) is 0 Å². The SMILES string of the molecule is COC(=O)Cn1c(=NC(=O)CS(=O)(=O)CC(=O)N2CCCCCC2)sc2ccccc21. The van der Waals surface area contributed by atoms with Gasteiger partial charge in [0.15, 0.2) is 14.6 Å². The van der Waals surface area contributed by atoms with Gasteiger partial charge in [-0.25, -0.2) is 8.42 Å². The number of esters is 1. The number of methoxy groups -OCH3 is 1. The summed E-state index contributed by atoms with van der Waals surface area (Å²) in [6, 6.07) is 7.18. The molecule has 1 aromatic carbocycles. The summed E-state index contributed by atoms with van der Waals surface area (Å²) in [6.45, 7) is 0.927. The molecule has 0 saturated carbocycles. The Bertz CT molecular complexity index is 1140. The van der Waals surface area contributed by atoms with Crippen LogP contribution in [0.1, 0.15) is 25.7 Å². The van der Waals surface area contributed by atoms with Crippen LogP contribution in [0.5, 0.6) is 0 Å². The van der Waals surface area contributed by atoms with Crippen molar-refractivity contribution in [2.24, 2.45) is 4.99 Å². The van der Waals surface area contributed by atoms with Gasteiger partial charge < -0.3 is 14.2 Å².